The minimum Gasteiger partial charge on any atom is -0.507 e. The summed E-state index contributed by atoms with van der Waals surface area (Å²) in [6.07, 6.45) is 0. The average Bonchev–Trinajstić information content (AvgIpc) is 1.97. The number of halogens is 3. The Kier molecular flexibility index (Phi) is 2.48. The summed E-state index contributed by atoms with van der Waals surface area (Å²) < 4.78 is 38.7. The van der Waals surface area contributed by atoms with Crippen molar-refractivity contribution in [1.29, 1.82) is 0 Å². The lowest BCUT2D eigenvalue weighted by Crippen LogP contribution is -2.15. The number of phenolic OH excluding ortho intramolecular Hbond substituents is 1. The molecule has 0 spiro atoms. The van der Waals surface area contributed by atoms with Crippen molar-refractivity contribution in [1.82, 2.24) is 0 Å². The molecular formula is C10H11F3O. The van der Waals surface area contributed by atoms with Crippen LogP contribution >= 0.6 is 0 Å². The molecule has 1 aromatic carbocycles. The highest BCUT2D eigenvalue weighted by atomic mass is 19.2. The van der Waals surface area contributed by atoms with Gasteiger partial charge in [0.15, 0.2) is 17.5 Å². The first-order valence-corrected chi connectivity index (χ1v) is 4.12. The van der Waals surface area contributed by atoms with E-state index in [0.29, 0.717) is 6.07 Å². The standard InChI is InChI=1S/C10H11F3O/c1-10(2,3)7-6(14)4-5(11)8(12)9(7)13/h4,14H,1-3H3. The molecule has 0 atom stereocenters. The summed E-state index contributed by atoms with van der Waals surface area (Å²) in [6, 6.07) is 0.582. The fourth-order valence-electron chi connectivity index (χ4n) is 1.30. The Balaban J connectivity index is 3.53. The summed E-state index contributed by atoms with van der Waals surface area (Å²) in [5.74, 6) is -4.82. The van der Waals surface area contributed by atoms with Crippen molar-refractivity contribution in [3.05, 3.63) is 29.1 Å². The van der Waals surface area contributed by atoms with Gasteiger partial charge in [-0.2, -0.15) is 0 Å². The molecule has 0 amide bonds. The lowest BCUT2D eigenvalue weighted by Gasteiger charge is -2.21. The lowest BCUT2D eigenvalue weighted by atomic mass is 9.85. The normalized spacial score (nSPS) is 11.9. The molecule has 0 aliphatic carbocycles. The Labute approximate surface area is 80.2 Å². The number of phenols is 1. The number of hydrogen-bond acceptors (Lipinski definition) is 1. The van der Waals surface area contributed by atoms with E-state index in [9.17, 15) is 18.3 Å². The minimum atomic E-state index is -1.55. The number of benzene rings is 1. The van der Waals surface area contributed by atoms with Crippen molar-refractivity contribution < 1.29 is 18.3 Å². The summed E-state index contributed by atoms with van der Waals surface area (Å²) in [7, 11) is 0. The van der Waals surface area contributed by atoms with Crippen LogP contribution in [-0.2, 0) is 5.41 Å². The monoisotopic (exact) mass is 204 g/mol. The molecule has 1 rings (SSSR count). The topological polar surface area (TPSA) is 20.2 Å². The fraction of sp³-hybridized carbons (Fsp3) is 0.400. The van der Waals surface area contributed by atoms with Crippen LogP contribution in [0.1, 0.15) is 26.3 Å². The molecule has 0 bridgehead atoms. The first kappa shape index (κ1) is 10.9. The molecule has 78 valence electrons. The first-order valence-electron chi connectivity index (χ1n) is 4.12. The van der Waals surface area contributed by atoms with Crippen molar-refractivity contribution in [2.24, 2.45) is 0 Å². The van der Waals surface area contributed by atoms with Crippen molar-refractivity contribution in [3.8, 4) is 5.75 Å². The Morgan fingerprint density at radius 2 is 1.57 bits per heavy atom. The van der Waals surface area contributed by atoms with Crippen LogP contribution in [0.2, 0.25) is 0 Å². The second-order valence-electron chi connectivity index (χ2n) is 4.13. The zero-order valence-corrected chi connectivity index (χ0v) is 8.16. The van der Waals surface area contributed by atoms with E-state index in [2.05, 4.69) is 0 Å². The van der Waals surface area contributed by atoms with Crippen LogP contribution in [0.4, 0.5) is 13.2 Å². The van der Waals surface area contributed by atoms with Gasteiger partial charge >= 0.3 is 0 Å². The van der Waals surface area contributed by atoms with Gasteiger partial charge in [0.25, 0.3) is 0 Å². The molecule has 1 N–H and O–H groups in total. The summed E-state index contributed by atoms with van der Waals surface area (Å²) in [5, 5.41) is 9.29. The third kappa shape index (κ3) is 1.69. The van der Waals surface area contributed by atoms with Gasteiger partial charge in [0.1, 0.15) is 5.75 Å². The van der Waals surface area contributed by atoms with Gasteiger partial charge in [-0.15, -0.1) is 0 Å². The third-order valence-corrected chi connectivity index (χ3v) is 1.89. The summed E-state index contributed by atoms with van der Waals surface area (Å²) in [6.45, 7) is 4.80. The predicted molar refractivity (Wildman–Crippen MR) is 46.7 cm³/mol. The first-order chi connectivity index (χ1) is 6.25. The molecule has 0 heterocycles. The van der Waals surface area contributed by atoms with E-state index in [0.717, 1.165) is 0 Å². The smallest absolute Gasteiger partial charge is 0.194 e. The van der Waals surface area contributed by atoms with Crippen LogP contribution in [0, 0.1) is 17.5 Å². The van der Waals surface area contributed by atoms with Gasteiger partial charge in [-0.1, -0.05) is 20.8 Å². The highest BCUT2D eigenvalue weighted by Crippen LogP contribution is 2.34. The third-order valence-electron chi connectivity index (χ3n) is 1.89. The highest BCUT2D eigenvalue weighted by molar-refractivity contribution is 5.39. The van der Waals surface area contributed by atoms with E-state index in [1.807, 2.05) is 0 Å². The van der Waals surface area contributed by atoms with Crippen LogP contribution in [0.3, 0.4) is 0 Å². The zero-order chi connectivity index (χ0) is 11.1. The van der Waals surface area contributed by atoms with Gasteiger partial charge in [-0.05, 0) is 5.41 Å². The summed E-state index contributed by atoms with van der Waals surface area (Å²) in [4.78, 5) is 0. The second-order valence-corrected chi connectivity index (χ2v) is 4.13. The van der Waals surface area contributed by atoms with Crippen molar-refractivity contribution in [2.45, 2.75) is 26.2 Å². The van der Waals surface area contributed by atoms with Gasteiger partial charge in [0.05, 0.1) is 0 Å². The van der Waals surface area contributed by atoms with Crippen LogP contribution in [0.25, 0.3) is 0 Å². The van der Waals surface area contributed by atoms with Gasteiger partial charge in [-0.3, -0.25) is 0 Å². The quantitative estimate of drug-likeness (QED) is 0.644. The second kappa shape index (κ2) is 3.19. The predicted octanol–water partition coefficient (Wildman–Crippen LogP) is 3.11. The molecular weight excluding hydrogens is 193 g/mol. The van der Waals surface area contributed by atoms with Gasteiger partial charge in [0, 0.05) is 11.6 Å². The molecule has 0 aromatic heterocycles. The number of rotatable bonds is 0. The Hall–Kier alpha value is -1.19. The molecule has 1 aromatic rings. The SMILES string of the molecule is CC(C)(C)c1c(O)cc(F)c(F)c1F. The Morgan fingerprint density at radius 3 is 2.00 bits per heavy atom. The maximum atomic E-state index is 13.2. The van der Waals surface area contributed by atoms with E-state index in [-0.39, 0.29) is 5.56 Å². The van der Waals surface area contributed by atoms with Gasteiger partial charge in [0.2, 0.25) is 0 Å². The molecule has 0 aliphatic heterocycles. The molecule has 0 unspecified atom stereocenters. The highest BCUT2D eigenvalue weighted by Gasteiger charge is 2.27. The molecule has 0 saturated carbocycles. The van der Waals surface area contributed by atoms with Gasteiger partial charge < -0.3 is 5.11 Å². The largest absolute Gasteiger partial charge is 0.507 e. The minimum absolute atomic E-state index is 0.212. The van der Waals surface area contributed by atoms with E-state index in [4.69, 9.17) is 0 Å². The van der Waals surface area contributed by atoms with Crippen LogP contribution < -0.4 is 0 Å². The molecule has 14 heavy (non-hydrogen) atoms. The van der Waals surface area contributed by atoms with Crippen LogP contribution in [-0.4, -0.2) is 5.11 Å². The number of aromatic hydroxyl groups is 1. The average molecular weight is 204 g/mol. The molecule has 0 fully saturated rings. The Morgan fingerprint density at radius 1 is 1.07 bits per heavy atom. The van der Waals surface area contributed by atoms with Gasteiger partial charge in [-0.25, -0.2) is 13.2 Å². The molecule has 0 saturated heterocycles. The van der Waals surface area contributed by atoms with E-state index < -0.39 is 28.6 Å². The van der Waals surface area contributed by atoms with Crippen molar-refractivity contribution in [3.63, 3.8) is 0 Å². The van der Waals surface area contributed by atoms with Crippen molar-refractivity contribution >= 4 is 0 Å². The maximum Gasteiger partial charge on any atom is 0.194 e. The molecule has 1 nitrogen and oxygen atoms in total. The van der Waals surface area contributed by atoms with E-state index in [1.54, 1.807) is 20.8 Å². The molecule has 4 heteroatoms. The van der Waals surface area contributed by atoms with E-state index in [1.165, 1.54) is 0 Å². The van der Waals surface area contributed by atoms with E-state index >= 15 is 0 Å². The maximum absolute atomic E-state index is 13.2. The zero-order valence-electron chi connectivity index (χ0n) is 8.16. The van der Waals surface area contributed by atoms with Crippen LogP contribution in [0.5, 0.6) is 5.75 Å². The summed E-state index contributed by atoms with van der Waals surface area (Å²) in [5.41, 5.74) is -0.987. The number of hydrogen-bond donors (Lipinski definition) is 1. The molecule has 0 aliphatic rings. The fourth-order valence-corrected chi connectivity index (χ4v) is 1.30. The Bertz CT molecular complexity index is 367. The summed E-state index contributed by atoms with van der Waals surface area (Å²) >= 11 is 0. The molecule has 0 radical (unpaired) electrons. The lowest BCUT2D eigenvalue weighted by molar-refractivity contribution is 0.386. The van der Waals surface area contributed by atoms with Crippen LogP contribution in [0.15, 0.2) is 6.07 Å². The van der Waals surface area contributed by atoms with Crippen molar-refractivity contribution in [2.75, 3.05) is 0 Å².